The van der Waals surface area contributed by atoms with E-state index in [4.69, 9.17) is 4.74 Å². The number of nitrogens with one attached hydrogen (secondary N) is 1. The highest BCUT2D eigenvalue weighted by atomic mass is 16.5. The van der Waals surface area contributed by atoms with Gasteiger partial charge in [-0.15, -0.1) is 0 Å². The van der Waals surface area contributed by atoms with Crippen molar-refractivity contribution in [2.75, 3.05) is 39.4 Å². The zero-order valence-corrected chi connectivity index (χ0v) is 8.30. The molecular formula is C9H21N3O. The van der Waals surface area contributed by atoms with Gasteiger partial charge in [0.25, 0.3) is 0 Å². The van der Waals surface area contributed by atoms with Gasteiger partial charge in [0, 0.05) is 19.1 Å². The Kier molecular flexibility index (Phi) is 4.66. The average molecular weight is 187 g/mol. The van der Waals surface area contributed by atoms with E-state index in [1.165, 1.54) is 25.9 Å². The third kappa shape index (κ3) is 2.91. The Balaban J connectivity index is 0.000000845. The van der Waals surface area contributed by atoms with E-state index in [9.17, 15) is 0 Å². The van der Waals surface area contributed by atoms with Crippen molar-refractivity contribution in [1.29, 1.82) is 0 Å². The van der Waals surface area contributed by atoms with Crippen LogP contribution in [-0.2, 0) is 4.74 Å². The predicted octanol–water partition coefficient (Wildman–Crippen LogP) is 0.233. The molecule has 78 valence electrons. The molecule has 0 aromatic carbocycles. The van der Waals surface area contributed by atoms with Crippen LogP contribution in [-0.4, -0.2) is 50.3 Å². The van der Waals surface area contributed by atoms with E-state index in [0.29, 0.717) is 0 Å². The number of ether oxygens (including phenoxy) is 1. The van der Waals surface area contributed by atoms with Crippen molar-refractivity contribution < 1.29 is 4.74 Å². The number of morpholine rings is 1. The Morgan fingerprint density at radius 1 is 1.08 bits per heavy atom. The maximum absolute atomic E-state index is 5.33. The molecule has 0 spiro atoms. The van der Waals surface area contributed by atoms with Crippen molar-refractivity contribution in [3.05, 3.63) is 0 Å². The Labute approximate surface area is 80.2 Å². The molecule has 2 saturated heterocycles. The molecule has 2 aliphatic rings. The molecule has 4 heteroatoms. The van der Waals surface area contributed by atoms with Gasteiger partial charge >= 0.3 is 0 Å². The van der Waals surface area contributed by atoms with Crippen molar-refractivity contribution in [2.45, 2.75) is 18.9 Å². The molecule has 0 unspecified atom stereocenters. The summed E-state index contributed by atoms with van der Waals surface area (Å²) < 4.78 is 5.33. The van der Waals surface area contributed by atoms with Gasteiger partial charge in [-0.1, -0.05) is 0 Å². The molecule has 4 N–H and O–H groups in total. The highest BCUT2D eigenvalue weighted by molar-refractivity contribution is 4.78. The zero-order chi connectivity index (χ0) is 8.23. The molecule has 2 fully saturated rings. The quantitative estimate of drug-likeness (QED) is 0.617. The summed E-state index contributed by atoms with van der Waals surface area (Å²) in [5.74, 6) is 0. The SMILES string of the molecule is C1CC(N2CCOCC2)CCN1.N. The van der Waals surface area contributed by atoms with Gasteiger partial charge in [-0.2, -0.15) is 0 Å². The van der Waals surface area contributed by atoms with Crippen molar-refractivity contribution in [2.24, 2.45) is 0 Å². The van der Waals surface area contributed by atoms with Crippen LogP contribution in [0.5, 0.6) is 0 Å². The van der Waals surface area contributed by atoms with Crippen molar-refractivity contribution in [1.82, 2.24) is 16.4 Å². The van der Waals surface area contributed by atoms with Crippen LogP contribution in [0.1, 0.15) is 12.8 Å². The van der Waals surface area contributed by atoms with Gasteiger partial charge in [0.15, 0.2) is 0 Å². The summed E-state index contributed by atoms with van der Waals surface area (Å²) in [6, 6.07) is 0.829. The van der Waals surface area contributed by atoms with Crippen molar-refractivity contribution >= 4 is 0 Å². The van der Waals surface area contributed by atoms with E-state index in [1.54, 1.807) is 0 Å². The van der Waals surface area contributed by atoms with Crippen LogP contribution < -0.4 is 11.5 Å². The van der Waals surface area contributed by atoms with Crippen molar-refractivity contribution in [3.63, 3.8) is 0 Å². The number of hydrogen-bond acceptors (Lipinski definition) is 4. The van der Waals surface area contributed by atoms with Gasteiger partial charge in [0.05, 0.1) is 13.2 Å². The van der Waals surface area contributed by atoms with E-state index >= 15 is 0 Å². The highest BCUT2D eigenvalue weighted by Crippen LogP contribution is 2.12. The lowest BCUT2D eigenvalue weighted by atomic mass is 10.0. The fourth-order valence-corrected chi connectivity index (χ4v) is 2.11. The van der Waals surface area contributed by atoms with Crippen LogP contribution in [0.25, 0.3) is 0 Å². The second-order valence-corrected chi connectivity index (χ2v) is 3.63. The third-order valence-corrected chi connectivity index (χ3v) is 2.87. The van der Waals surface area contributed by atoms with E-state index in [2.05, 4.69) is 10.2 Å². The smallest absolute Gasteiger partial charge is 0.0594 e. The first kappa shape index (κ1) is 10.9. The molecule has 0 aliphatic carbocycles. The summed E-state index contributed by atoms with van der Waals surface area (Å²) in [6.07, 6.45) is 2.64. The molecule has 2 aliphatic heterocycles. The summed E-state index contributed by atoms with van der Waals surface area (Å²) >= 11 is 0. The summed E-state index contributed by atoms with van der Waals surface area (Å²) in [5.41, 5.74) is 0. The van der Waals surface area contributed by atoms with Crippen LogP contribution in [0.3, 0.4) is 0 Å². The molecule has 0 radical (unpaired) electrons. The Morgan fingerprint density at radius 2 is 1.69 bits per heavy atom. The summed E-state index contributed by atoms with van der Waals surface area (Å²) in [6.45, 7) is 6.55. The molecule has 2 rings (SSSR count). The van der Waals surface area contributed by atoms with Gasteiger partial charge < -0.3 is 16.2 Å². The normalized spacial score (nSPS) is 26.8. The Bertz CT molecular complexity index is 115. The molecule has 0 atom stereocenters. The van der Waals surface area contributed by atoms with Crippen LogP contribution in [0.4, 0.5) is 0 Å². The minimum atomic E-state index is 0. The van der Waals surface area contributed by atoms with Gasteiger partial charge in [0.2, 0.25) is 0 Å². The molecule has 0 aromatic heterocycles. The topological polar surface area (TPSA) is 59.5 Å². The third-order valence-electron chi connectivity index (χ3n) is 2.87. The molecule has 13 heavy (non-hydrogen) atoms. The minimum absolute atomic E-state index is 0. The van der Waals surface area contributed by atoms with Crippen LogP contribution in [0.15, 0.2) is 0 Å². The summed E-state index contributed by atoms with van der Waals surface area (Å²) in [4.78, 5) is 2.59. The molecule has 0 amide bonds. The largest absolute Gasteiger partial charge is 0.379 e. The lowest BCUT2D eigenvalue weighted by molar-refractivity contribution is 0.0101. The highest BCUT2D eigenvalue weighted by Gasteiger charge is 2.21. The van der Waals surface area contributed by atoms with Gasteiger partial charge in [-0.3, -0.25) is 4.90 Å². The van der Waals surface area contributed by atoms with Gasteiger partial charge in [-0.25, -0.2) is 0 Å². The minimum Gasteiger partial charge on any atom is -0.379 e. The number of rotatable bonds is 1. The van der Waals surface area contributed by atoms with Gasteiger partial charge in [0.1, 0.15) is 0 Å². The van der Waals surface area contributed by atoms with E-state index < -0.39 is 0 Å². The lowest BCUT2D eigenvalue weighted by Crippen LogP contribution is -2.47. The van der Waals surface area contributed by atoms with Crippen LogP contribution in [0.2, 0.25) is 0 Å². The number of nitrogens with zero attached hydrogens (tertiary/aromatic N) is 1. The van der Waals surface area contributed by atoms with Crippen molar-refractivity contribution in [3.8, 4) is 0 Å². The molecular weight excluding hydrogens is 166 g/mol. The van der Waals surface area contributed by atoms with Crippen LogP contribution in [0, 0.1) is 0 Å². The number of hydrogen-bond donors (Lipinski definition) is 2. The van der Waals surface area contributed by atoms with E-state index in [1.807, 2.05) is 0 Å². The predicted molar refractivity (Wildman–Crippen MR) is 53.3 cm³/mol. The number of piperidine rings is 1. The fourth-order valence-electron chi connectivity index (χ4n) is 2.11. The fraction of sp³-hybridized carbons (Fsp3) is 1.00. The second kappa shape index (κ2) is 5.54. The second-order valence-electron chi connectivity index (χ2n) is 3.63. The molecule has 0 aromatic rings. The first-order valence-electron chi connectivity index (χ1n) is 4.99. The molecule has 0 saturated carbocycles. The monoisotopic (exact) mass is 187 g/mol. The van der Waals surface area contributed by atoms with Gasteiger partial charge in [-0.05, 0) is 25.9 Å². The molecule has 2 heterocycles. The average Bonchev–Trinajstić information content (AvgIpc) is 2.21. The van der Waals surface area contributed by atoms with E-state index in [-0.39, 0.29) is 6.15 Å². The first-order valence-corrected chi connectivity index (χ1v) is 4.99. The first-order chi connectivity index (χ1) is 5.97. The summed E-state index contributed by atoms with van der Waals surface area (Å²) in [7, 11) is 0. The maximum atomic E-state index is 5.33. The lowest BCUT2D eigenvalue weighted by Gasteiger charge is -2.36. The molecule has 4 nitrogen and oxygen atoms in total. The Morgan fingerprint density at radius 3 is 2.31 bits per heavy atom. The van der Waals surface area contributed by atoms with E-state index in [0.717, 1.165) is 32.3 Å². The summed E-state index contributed by atoms with van der Waals surface area (Å²) in [5, 5.41) is 3.40. The Hall–Kier alpha value is -0.160. The standard InChI is InChI=1S/C9H18N2O.H3N/c1-3-10-4-2-9(1)11-5-7-12-8-6-11;/h9-10H,1-8H2;1H3. The zero-order valence-electron chi connectivity index (χ0n) is 8.30. The molecule has 0 bridgehead atoms. The van der Waals surface area contributed by atoms with Crippen LogP contribution >= 0.6 is 0 Å². The maximum Gasteiger partial charge on any atom is 0.0594 e.